The zero-order chi connectivity index (χ0) is 13.0. The van der Waals surface area contributed by atoms with E-state index in [1.54, 1.807) is 31.1 Å². The van der Waals surface area contributed by atoms with Crippen LogP contribution in [0.4, 0.5) is 11.4 Å². The molecule has 0 spiro atoms. The summed E-state index contributed by atoms with van der Waals surface area (Å²) in [6, 6.07) is 5.41. The Morgan fingerprint density at radius 3 is 2.47 bits per heavy atom. The Balaban J connectivity index is 3.16. The second-order valence-corrected chi connectivity index (χ2v) is 4.40. The van der Waals surface area contributed by atoms with E-state index in [1.165, 1.54) is 0 Å². The van der Waals surface area contributed by atoms with Gasteiger partial charge in [-0.15, -0.1) is 0 Å². The van der Waals surface area contributed by atoms with Crippen LogP contribution in [0, 0.1) is 0 Å². The summed E-state index contributed by atoms with van der Waals surface area (Å²) < 4.78 is 0. The summed E-state index contributed by atoms with van der Waals surface area (Å²) in [6.45, 7) is 3.01. The van der Waals surface area contributed by atoms with Crippen LogP contribution >= 0.6 is 0 Å². The number of hydrogen-bond donors (Lipinski definition) is 1. The van der Waals surface area contributed by atoms with Gasteiger partial charge in [0.2, 0.25) is 0 Å². The molecule has 0 saturated carbocycles. The van der Waals surface area contributed by atoms with Crippen LogP contribution < -0.4 is 10.6 Å². The van der Waals surface area contributed by atoms with Crippen LogP contribution in [-0.2, 0) is 0 Å². The summed E-state index contributed by atoms with van der Waals surface area (Å²) >= 11 is 0. The standard InChI is InChI=1S/C13H21N3O/c1-5-8-16(4)12-9-10(14)6-7-11(12)13(17)15(2)3/h6-7,9H,5,8,14H2,1-4H3. The minimum atomic E-state index is 0.00273. The van der Waals surface area contributed by atoms with E-state index in [9.17, 15) is 4.79 Å². The van der Waals surface area contributed by atoms with Crippen LogP contribution in [0.2, 0.25) is 0 Å². The Bertz CT molecular complexity index is 402. The van der Waals surface area contributed by atoms with Crippen LogP contribution in [0.5, 0.6) is 0 Å². The third kappa shape index (κ3) is 3.12. The molecule has 1 aromatic carbocycles. The van der Waals surface area contributed by atoms with E-state index >= 15 is 0 Å². The van der Waals surface area contributed by atoms with Crippen molar-refractivity contribution in [3.63, 3.8) is 0 Å². The Morgan fingerprint density at radius 1 is 1.29 bits per heavy atom. The molecule has 1 rings (SSSR count). The molecule has 4 nitrogen and oxygen atoms in total. The van der Waals surface area contributed by atoms with Crippen molar-refractivity contribution >= 4 is 17.3 Å². The largest absolute Gasteiger partial charge is 0.399 e. The van der Waals surface area contributed by atoms with Crippen molar-refractivity contribution in [2.75, 3.05) is 38.3 Å². The van der Waals surface area contributed by atoms with E-state index in [-0.39, 0.29) is 5.91 Å². The average molecular weight is 235 g/mol. The SMILES string of the molecule is CCCN(C)c1cc(N)ccc1C(=O)N(C)C. The summed E-state index contributed by atoms with van der Waals surface area (Å²) in [5.74, 6) is 0.00273. The van der Waals surface area contributed by atoms with E-state index in [2.05, 4.69) is 11.8 Å². The minimum absolute atomic E-state index is 0.00273. The van der Waals surface area contributed by atoms with Crippen molar-refractivity contribution < 1.29 is 4.79 Å². The number of amides is 1. The summed E-state index contributed by atoms with van der Waals surface area (Å²) in [5.41, 5.74) is 8.05. The molecule has 1 aromatic rings. The number of nitrogens with zero attached hydrogens (tertiary/aromatic N) is 2. The van der Waals surface area contributed by atoms with Gasteiger partial charge < -0.3 is 15.5 Å². The Kier molecular flexibility index (Phi) is 4.37. The molecule has 0 atom stereocenters. The molecule has 0 saturated heterocycles. The highest BCUT2D eigenvalue weighted by Gasteiger charge is 2.15. The first-order valence-corrected chi connectivity index (χ1v) is 5.79. The molecular formula is C13H21N3O. The van der Waals surface area contributed by atoms with Gasteiger partial charge in [0, 0.05) is 33.4 Å². The Labute approximate surface area is 103 Å². The lowest BCUT2D eigenvalue weighted by Crippen LogP contribution is -2.26. The number of nitrogens with two attached hydrogens (primary N) is 1. The Hall–Kier alpha value is -1.71. The molecule has 0 unspecified atom stereocenters. The molecule has 0 bridgehead atoms. The molecule has 0 radical (unpaired) electrons. The lowest BCUT2D eigenvalue weighted by Gasteiger charge is -2.23. The predicted octanol–water partition coefficient (Wildman–Crippen LogP) is 1.82. The molecule has 0 aliphatic heterocycles. The highest BCUT2D eigenvalue weighted by Crippen LogP contribution is 2.23. The van der Waals surface area contributed by atoms with Crippen molar-refractivity contribution in [1.29, 1.82) is 0 Å². The van der Waals surface area contributed by atoms with Crippen LogP contribution in [0.15, 0.2) is 18.2 Å². The van der Waals surface area contributed by atoms with Gasteiger partial charge >= 0.3 is 0 Å². The van der Waals surface area contributed by atoms with Gasteiger partial charge in [0.25, 0.3) is 5.91 Å². The van der Waals surface area contributed by atoms with E-state index in [4.69, 9.17) is 5.73 Å². The van der Waals surface area contributed by atoms with Gasteiger partial charge in [-0.05, 0) is 24.6 Å². The van der Waals surface area contributed by atoms with Crippen molar-refractivity contribution in [2.45, 2.75) is 13.3 Å². The lowest BCUT2D eigenvalue weighted by molar-refractivity contribution is 0.0828. The lowest BCUT2D eigenvalue weighted by atomic mass is 10.1. The smallest absolute Gasteiger partial charge is 0.255 e. The highest BCUT2D eigenvalue weighted by molar-refractivity contribution is 6.00. The molecule has 1 amide bonds. The van der Waals surface area contributed by atoms with Crippen molar-refractivity contribution in [1.82, 2.24) is 4.90 Å². The fourth-order valence-electron chi connectivity index (χ4n) is 1.74. The molecule has 4 heteroatoms. The number of hydrogen-bond acceptors (Lipinski definition) is 3. The summed E-state index contributed by atoms with van der Waals surface area (Å²) in [5, 5.41) is 0. The normalized spacial score (nSPS) is 10.1. The van der Waals surface area contributed by atoms with Gasteiger partial charge in [0.05, 0.1) is 11.3 Å². The van der Waals surface area contributed by atoms with E-state index in [1.807, 2.05) is 13.1 Å². The molecule has 94 valence electrons. The van der Waals surface area contributed by atoms with Gasteiger partial charge in [-0.2, -0.15) is 0 Å². The topological polar surface area (TPSA) is 49.6 Å². The van der Waals surface area contributed by atoms with Crippen LogP contribution in [0.3, 0.4) is 0 Å². The first-order valence-electron chi connectivity index (χ1n) is 5.79. The zero-order valence-electron chi connectivity index (χ0n) is 11.0. The van der Waals surface area contributed by atoms with Crippen LogP contribution in [0.1, 0.15) is 23.7 Å². The summed E-state index contributed by atoms with van der Waals surface area (Å²) in [4.78, 5) is 15.7. The minimum Gasteiger partial charge on any atom is -0.399 e. The first-order chi connectivity index (χ1) is 7.97. The third-order valence-electron chi connectivity index (χ3n) is 2.63. The van der Waals surface area contributed by atoms with Gasteiger partial charge in [0.15, 0.2) is 0 Å². The monoisotopic (exact) mass is 235 g/mol. The van der Waals surface area contributed by atoms with Crippen molar-refractivity contribution in [3.05, 3.63) is 23.8 Å². The quantitative estimate of drug-likeness (QED) is 0.810. The maximum absolute atomic E-state index is 12.0. The molecular weight excluding hydrogens is 214 g/mol. The Morgan fingerprint density at radius 2 is 1.94 bits per heavy atom. The highest BCUT2D eigenvalue weighted by atomic mass is 16.2. The molecule has 0 heterocycles. The number of anilines is 2. The summed E-state index contributed by atoms with van der Waals surface area (Å²) in [6.07, 6.45) is 1.03. The number of rotatable bonds is 4. The summed E-state index contributed by atoms with van der Waals surface area (Å²) in [7, 11) is 5.48. The van der Waals surface area contributed by atoms with Gasteiger partial charge in [0.1, 0.15) is 0 Å². The van der Waals surface area contributed by atoms with Gasteiger partial charge in [-0.25, -0.2) is 0 Å². The van der Waals surface area contributed by atoms with Gasteiger partial charge in [-0.1, -0.05) is 6.92 Å². The van der Waals surface area contributed by atoms with Gasteiger partial charge in [-0.3, -0.25) is 4.79 Å². The third-order valence-corrected chi connectivity index (χ3v) is 2.63. The zero-order valence-corrected chi connectivity index (χ0v) is 11.0. The number of carbonyl (C=O) groups excluding carboxylic acids is 1. The second-order valence-electron chi connectivity index (χ2n) is 4.40. The van der Waals surface area contributed by atoms with E-state index < -0.39 is 0 Å². The maximum atomic E-state index is 12.0. The molecule has 0 aliphatic carbocycles. The molecule has 0 aliphatic rings. The van der Waals surface area contributed by atoms with E-state index in [0.29, 0.717) is 11.3 Å². The number of nitrogen functional groups attached to an aromatic ring is 1. The van der Waals surface area contributed by atoms with Crippen molar-refractivity contribution in [2.24, 2.45) is 0 Å². The van der Waals surface area contributed by atoms with Crippen LogP contribution in [0.25, 0.3) is 0 Å². The maximum Gasteiger partial charge on any atom is 0.255 e. The fraction of sp³-hybridized carbons (Fsp3) is 0.462. The number of carbonyl (C=O) groups is 1. The number of benzene rings is 1. The molecule has 17 heavy (non-hydrogen) atoms. The molecule has 0 aromatic heterocycles. The average Bonchev–Trinajstić information content (AvgIpc) is 2.28. The van der Waals surface area contributed by atoms with E-state index in [0.717, 1.165) is 18.7 Å². The van der Waals surface area contributed by atoms with Crippen molar-refractivity contribution in [3.8, 4) is 0 Å². The second kappa shape index (κ2) is 5.57. The van der Waals surface area contributed by atoms with Crippen LogP contribution in [-0.4, -0.2) is 38.5 Å². The first kappa shape index (κ1) is 13.4. The molecule has 2 N–H and O–H groups in total. The molecule has 0 fully saturated rings. The fourth-order valence-corrected chi connectivity index (χ4v) is 1.74. The predicted molar refractivity (Wildman–Crippen MR) is 72.4 cm³/mol.